The number of carboxylic acid groups (broad SMARTS) is 1. The van der Waals surface area contributed by atoms with Crippen LogP contribution in [0.5, 0.6) is 0 Å². The van der Waals surface area contributed by atoms with Gasteiger partial charge in [0, 0.05) is 12.5 Å². The number of rotatable bonds is 9. The molecule has 0 rings (SSSR count). The lowest BCUT2D eigenvalue weighted by Crippen LogP contribution is -2.32. The van der Waals surface area contributed by atoms with Crippen LogP contribution in [0.25, 0.3) is 0 Å². The topological polar surface area (TPSA) is 40.5 Å². The van der Waals surface area contributed by atoms with Crippen LogP contribution in [0.15, 0.2) is 0 Å². The van der Waals surface area contributed by atoms with E-state index in [-0.39, 0.29) is 6.42 Å². The monoisotopic (exact) mass is 215 g/mol. The van der Waals surface area contributed by atoms with Gasteiger partial charge < -0.3 is 10.0 Å². The van der Waals surface area contributed by atoms with Gasteiger partial charge in [-0.1, -0.05) is 26.7 Å². The van der Waals surface area contributed by atoms with Crippen molar-refractivity contribution in [3.8, 4) is 0 Å². The van der Waals surface area contributed by atoms with Crippen molar-refractivity contribution in [2.75, 3.05) is 13.6 Å². The van der Waals surface area contributed by atoms with Gasteiger partial charge in [-0.15, -0.1) is 0 Å². The van der Waals surface area contributed by atoms with E-state index >= 15 is 0 Å². The Morgan fingerprint density at radius 2 is 1.80 bits per heavy atom. The summed E-state index contributed by atoms with van der Waals surface area (Å²) in [6.07, 6.45) is 5.89. The lowest BCUT2D eigenvalue weighted by Gasteiger charge is -2.27. The van der Waals surface area contributed by atoms with Crippen LogP contribution in [0.2, 0.25) is 0 Å². The molecule has 0 aliphatic carbocycles. The van der Waals surface area contributed by atoms with Gasteiger partial charge in [0.1, 0.15) is 0 Å². The lowest BCUT2D eigenvalue weighted by molar-refractivity contribution is -0.137. The molecule has 0 aromatic heterocycles. The highest BCUT2D eigenvalue weighted by atomic mass is 16.4. The molecule has 0 saturated carbocycles. The maximum atomic E-state index is 10.4. The van der Waals surface area contributed by atoms with Crippen molar-refractivity contribution in [1.29, 1.82) is 0 Å². The molecule has 0 aliphatic heterocycles. The molecule has 0 unspecified atom stereocenters. The Morgan fingerprint density at radius 1 is 1.27 bits per heavy atom. The number of carboxylic acids is 1. The molecule has 0 spiro atoms. The van der Waals surface area contributed by atoms with Crippen molar-refractivity contribution in [2.24, 2.45) is 0 Å². The highest BCUT2D eigenvalue weighted by molar-refractivity contribution is 5.66. The number of carbonyl (C=O) groups is 1. The molecule has 15 heavy (non-hydrogen) atoms. The van der Waals surface area contributed by atoms with Gasteiger partial charge in [-0.25, -0.2) is 0 Å². The first kappa shape index (κ1) is 14.4. The van der Waals surface area contributed by atoms with Gasteiger partial charge in [-0.2, -0.15) is 0 Å². The molecule has 0 amide bonds. The zero-order chi connectivity index (χ0) is 11.7. The Balaban J connectivity index is 3.79. The van der Waals surface area contributed by atoms with Gasteiger partial charge in [-0.05, 0) is 32.9 Å². The number of hydrogen-bond donors (Lipinski definition) is 1. The first-order valence-corrected chi connectivity index (χ1v) is 6.03. The zero-order valence-corrected chi connectivity index (χ0v) is 10.3. The van der Waals surface area contributed by atoms with E-state index in [0.29, 0.717) is 6.04 Å². The molecule has 0 saturated heterocycles. The molecule has 3 nitrogen and oxygen atoms in total. The summed E-state index contributed by atoms with van der Waals surface area (Å²) in [5.41, 5.74) is 0. The molecule has 0 atom stereocenters. The summed E-state index contributed by atoms with van der Waals surface area (Å²) < 4.78 is 0. The molecule has 1 N–H and O–H groups in total. The van der Waals surface area contributed by atoms with Crippen LogP contribution < -0.4 is 0 Å². The second-order valence-corrected chi connectivity index (χ2v) is 4.21. The molecule has 0 radical (unpaired) electrons. The summed E-state index contributed by atoms with van der Waals surface area (Å²) in [6, 6.07) is 0.633. The van der Waals surface area contributed by atoms with E-state index in [9.17, 15) is 4.79 Å². The largest absolute Gasteiger partial charge is 0.481 e. The summed E-state index contributed by atoms with van der Waals surface area (Å²) >= 11 is 0. The first-order chi connectivity index (χ1) is 7.11. The van der Waals surface area contributed by atoms with Crippen molar-refractivity contribution < 1.29 is 9.90 Å². The molecule has 0 bridgehead atoms. The Hall–Kier alpha value is -0.570. The fourth-order valence-electron chi connectivity index (χ4n) is 1.91. The first-order valence-electron chi connectivity index (χ1n) is 6.03. The van der Waals surface area contributed by atoms with Crippen LogP contribution in [0, 0.1) is 0 Å². The van der Waals surface area contributed by atoms with Crippen molar-refractivity contribution in [3.63, 3.8) is 0 Å². The van der Waals surface area contributed by atoms with Gasteiger partial charge in [0.25, 0.3) is 0 Å². The van der Waals surface area contributed by atoms with Crippen LogP contribution in [0.1, 0.15) is 52.4 Å². The van der Waals surface area contributed by atoms with Crippen LogP contribution in [-0.4, -0.2) is 35.6 Å². The minimum atomic E-state index is -0.689. The SMILES string of the molecule is CCCC(CCC)N(C)CCCC(=O)O. The van der Waals surface area contributed by atoms with E-state index in [1.807, 2.05) is 0 Å². The maximum absolute atomic E-state index is 10.4. The Morgan fingerprint density at radius 3 is 2.20 bits per heavy atom. The van der Waals surface area contributed by atoms with E-state index < -0.39 is 5.97 Å². The van der Waals surface area contributed by atoms with Gasteiger partial charge >= 0.3 is 5.97 Å². The zero-order valence-electron chi connectivity index (χ0n) is 10.3. The molecule has 90 valence electrons. The molecule has 3 heteroatoms. The van der Waals surface area contributed by atoms with Crippen molar-refractivity contribution in [1.82, 2.24) is 4.90 Å². The molecule has 0 aromatic carbocycles. The Bertz CT molecular complexity index is 165. The highest BCUT2D eigenvalue weighted by Crippen LogP contribution is 2.12. The van der Waals surface area contributed by atoms with E-state index in [0.717, 1.165) is 13.0 Å². The average molecular weight is 215 g/mol. The van der Waals surface area contributed by atoms with Crippen LogP contribution in [-0.2, 0) is 4.79 Å². The molecular formula is C12H25NO2. The maximum Gasteiger partial charge on any atom is 0.303 e. The summed E-state index contributed by atoms with van der Waals surface area (Å²) in [4.78, 5) is 12.7. The van der Waals surface area contributed by atoms with Crippen molar-refractivity contribution >= 4 is 5.97 Å². The second kappa shape index (κ2) is 8.72. The van der Waals surface area contributed by atoms with Gasteiger partial charge in [0.15, 0.2) is 0 Å². The number of hydrogen-bond acceptors (Lipinski definition) is 2. The predicted octanol–water partition coefficient (Wildman–Crippen LogP) is 2.75. The Labute approximate surface area is 93.5 Å². The number of aliphatic carboxylic acids is 1. The third-order valence-corrected chi connectivity index (χ3v) is 2.77. The summed E-state index contributed by atoms with van der Waals surface area (Å²) in [5, 5.41) is 8.55. The molecule has 0 aromatic rings. The fourth-order valence-corrected chi connectivity index (χ4v) is 1.91. The van der Waals surface area contributed by atoms with Gasteiger partial charge in [-0.3, -0.25) is 4.79 Å². The van der Waals surface area contributed by atoms with Crippen LogP contribution in [0.3, 0.4) is 0 Å². The summed E-state index contributed by atoms with van der Waals surface area (Å²) in [7, 11) is 2.11. The second-order valence-electron chi connectivity index (χ2n) is 4.21. The average Bonchev–Trinajstić information content (AvgIpc) is 2.16. The fraction of sp³-hybridized carbons (Fsp3) is 0.917. The predicted molar refractivity (Wildman–Crippen MR) is 63.1 cm³/mol. The molecular weight excluding hydrogens is 190 g/mol. The smallest absolute Gasteiger partial charge is 0.303 e. The quantitative estimate of drug-likeness (QED) is 0.643. The van der Waals surface area contributed by atoms with E-state index in [1.165, 1.54) is 25.7 Å². The molecule has 0 aliphatic rings. The normalized spacial score (nSPS) is 11.3. The lowest BCUT2D eigenvalue weighted by atomic mass is 10.1. The van der Waals surface area contributed by atoms with E-state index in [1.54, 1.807) is 0 Å². The van der Waals surface area contributed by atoms with E-state index in [2.05, 4.69) is 25.8 Å². The summed E-state index contributed by atoms with van der Waals surface area (Å²) in [5.74, 6) is -0.689. The minimum Gasteiger partial charge on any atom is -0.481 e. The van der Waals surface area contributed by atoms with Gasteiger partial charge in [0.2, 0.25) is 0 Å². The standard InChI is InChI=1S/C12H25NO2/c1-4-7-11(8-5-2)13(3)10-6-9-12(14)15/h11H,4-10H2,1-3H3,(H,14,15). The van der Waals surface area contributed by atoms with Gasteiger partial charge in [0.05, 0.1) is 0 Å². The minimum absolute atomic E-state index is 0.287. The van der Waals surface area contributed by atoms with Crippen molar-refractivity contribution in [3.05, 3.63) is 0 Å². The third kappa shape index (κ3) is 7.37. The summed E-state index contributed by atoms with van der Waals surface area (Å²) in [6.45, 7) is 5.30. The third-order valence-electron chi connectivity index (χ3n) is 2.77. The van der Waals surface area contributed by atoms with Crippen LogP contribution >= 0.6 is 0 Å². The van der Waals surface area contributed by atoms with Crippen molar-refractivity contribution in [2.45, 2.75) is 58.4 Å². The van der Waals surface area contributed by atoms with E-state index in [4.69, 9.17) is 5.11 Å². The van der Waals surface area contributed by atoms with Crippen LogP contribution in [0.4, 0.5) is 0 Å². The molecule has 0 fully saturated rings. The highest BCUT2D eigenvalue weighted by Gasteiger charge is 2.12. The Kier molecular flexibility index (Phi) is 8.38. The molecule has 0 heterocycles. The number of nitrogens with zero attached hydrogens (tertiary/aromatic N) is 1.